The van der Waals surface area contributed by atoms with Gasteiger partial charge in [-0.3, -0.25) is 9.78 Å². The van der Waals surface area contributed by atoms with Crippen LogP contribution in [0.4, 0.5) is 0 Å². The SMILES string of the molecule is C=CCNC(=O)c1cc(C2CC2)nc2ccccc12. The standard InChI is InChI=1S/C16H16N2O/c1-2-9-17-16(19)13-10-15(11-7-8-11)18-14-6-4-3-5-12(13)14/h2-6,10-11H,1,7-9H2,(H,17,19). The van der Waals surface area contributed by atoms with Gasteiger partial charge in [-0.25, -0.2) is 0 Å². The minimum atomic E-state index is -0.0552. The minimum Gasteiger partial charge on any atom is -0.349 e. The fourth-order valence-electron chi connectivity index (χ4n) is 2.23. The molecule has 1 N–H and O–H groups in total. The molecule has 0 aliphatic heterocycles. The smallest absolute Gasteiger partial charge is 0.252 e. The monoisotopic (exact) mass is 252 g/mol. The van der Waals surface area contributed by atoms with Gasteiger partial charge in [0, 0.05) is 23.5 Å². The van der Waals surface area contributed by atoms with E-state index in [1.807, 2.05) is 30.3 Å². The van der Waals surface area contributed by atoms with Crippen LogP contribution < -0.4 is 5.32 Å². The molecule has 1 heterocycles. The Kier molecular flexibility index (Phi) is 3.03. The molecule has 0 bridgehead atoms. The van der Waals surface area contributed by atoms with E-state index in [0.717, 1.165) is 16.6 Å². The molecule has 2 aromatic rings. The molecule has 1 aliphatic rings. The lowest BCUT2D eigenvalue weighted by atomic mass is 10.1. The van der Waals surface area contributed by atoms with Crippen molar-refractivity contribution in [3.05, 3.63) is 54.2 Å². The molecule has 1 aromatic heterocycles. The highest BCUT2D eigenvalue weighted by atomic mass is 16.1. The Hall–Kier alpha value is -2.16. The van der Waals surface area contributed by atoms with Gasteiger partial charge in [-0.05, 0) is 25.0 Å². The molecule has 19 heavy (non-hydrogen) atoms. The summed E-state index contributed by atoms with van der Waals surface area (Å²) in [7, 11) is 0. The second kappa shape index (κ2) is 4.84. The maximum Gasteiger partial charge on any atom is 0.252 e. The first-order valence-corrected chi connectivity index (χ1v) is 6.58. The van der Waals surface area contributed by atoms with E-state index in [2.05, 4.69) is 16.9 Å². The van der Waals surface area contributed by atoms with Crippen molar-refractivity contribution in [2.75, 3.05) is 6.54 Å². The molecule has 1 aliphatic carbocycles. The van der Waals surface area contributed by atoms with Crippen LogP contribution >= 0.6 is 0 Å². The summed E-state index contributed by atoms with van der Waals surface area (Å²) in [5, 5.41) is 3.75. The molecule has 0 unspecified atom stereocenters. The third-order valence-corrected chi connectivity index (χ3v) is 3.38. The molecule has 1 amide bonds. The molecule has 3 nitrogen and oxygen atoms in total. The fourth-order valence-corrected chi connectivity index (χ4v) is 2.23. The van der Waals surface area contributed by atoms with Gasteiger partial charge < -0.3 is 5.32 Å². The molecule has 0 radical (unpaired) electrons. The van der Waals surface area contributed by atoms with Gasteiger partial charge >= 0.3 is 0 Å². The number of fused-ring (bicyclic) bond motifs is 1. The molecule has 0 spiro atoms. The second-order valence-corrected chi connectivity index (χ2v) is 4.88. The summed E-state index contributed by atoms with van der Waals surface area (Å²) >= 11 is 0. The third kappa shape index (κ3) is 2.36. The van der Waals surface area contributed by atoms with Crippen LogP contribution in [-0.2, 0) is 0 Å². The lowest BCUT2D eigenvalue weighted by molar-refractivity contribution is 0.0959. The molecule has 3 heteroatoms. The predicted molar refractivity (Wildman–Crippen MR) is 76.2 cm³/mol. The quantitative estimate of drug-likeness (QED) is 0.850. The molecular weight excluding hydrogens is 236 g/mol. The van der Waals surface area contributed by atoms with E-state index in [-0.39, 0.29) is 5.91 Å². The Morgan fingerprint density at radius 2 is 2.21 bits per heavy atom. The summed E-state index contributed by atoms with van der Waals surface area (Å²) in [6.45, 7) is 4.10. The molecule has 0 saturated heterocycles. The van der Waals surface area contributed by atoms with Crippen molar-refractivity contribution in [3.8, 4) is 0 Å². The number of nitrogens with one attached hydrogen (secondary N) is 1. The van der Waals surface area contributed by atoms with Gasteiger partial charge in [0.1, 0.15) is 0 Å². The highest BCUT2D eigenvalue weighted by Gasteiger charge is 2.26. The predicted octanol–water partition coefficient (Wildman–Crippen LogP) is 3.03. The minimum absolute atomic E-state index is 0.0552. The van der Waals surface area contributed by atoms with Gasteiger partial charge in [0.15, 0.2) is 0 Å². The summed E-state index contributed by atoms with van der Waals surface area (Å²) in [5.41, 5.74) is 2.66. The summed E-state index contributed by atoms with van der Waals surface area (Å²) in [5.74, 6) is 0.482. The zero-order valence-corrected chi connectivity index (χ0v) is 10.7. The zero-order valence-electron chi connectivity index (χ0n) is 10.7. The largest absolute Gasteiger partial charge is 0.349 e. The number of benzene rings is 1. The lowest BCUT2D eigenvalue weighted by Gasteiger charge is -2.09. The lowest BCUT2D eigenvalue weighted by Crippen LogP contribution is -2.23. The fraction of sp³-hybridized carbons (Fsp3) is 0.250. The summed E-state index contributed by atoms with van der Waals surface area (Å²) in [6.07, 6.45) is 4.04. The number of amides is 1. The van der Waals surface area contributed by atoms with Crippen LogP contribution in [-0.4, -0.2) is 17.4 Å². The highest BCUT2D eigenvalue weighted by Crippen LogP contribution is 2.40. The van der Waals surface area contributed by atoms with E-state index in [9.17, 15) is 4.79 Å². The van der Waals surface area contributed by atoms with Crippen LogP contribution in [0.15, 0.2) is 43.0 Å². The molecule has 96 valence electrons. The Morgan fingerprint density at radius 3 is 2.95 bits per heavy atom. The van der Waals surface area contributed by atoms with Crippen LogP contribution in [0.5, 0.6) is 0 Å². The van der Waals surface area contributed by atoms with Crippen molar-refractivity contribution in [1.82, 2.24) is 10.3 Å². The molecular formula is C16H16N2O. The summed E-state index contributed by atoms with van der Waals surface area (Å²) < 4.78 is 0. The zero-order chi connectivity index (χ0) is 13.2. The number of carbonyl (C=O) groups is 1. The number of hydrogen-bond acceptors (Lipinski definition) is 2. The first-order chi connectivity index (χ1) is 9.29. The van der Waals surface area contributed by atoms with E-state index >= 15 is 0 Å². The van der Waals surface area contributed by atoms with Crippen LogP contribution in [0, 0.1) is 0 Å². The van der Waals surface area contributed by atoms with Crippen LogP contribution in [0.1, 0.15) is 34.8 Å². The molecule has 0 atom stereocenters. The van der Waals surface area contributed by atoms with Gasteiger partial charge in [0.2, 0.25) is 0 Å². The molecule has 1 saturated carbocycles. The van der Waals surface area contributed by atoms with Gasteiger partial charge in [0.25, 0.3) is 5.91 Å². The highest BCUT2D eigenvalue weighted by molar-refractivity contribution is 6.06. The van der Waals surface area contributed by atoms with E-state index < -0.39 is 0 Å². The first kappa shape index (κ1) is 11.9. The Morgan fingerprint density at radius 1 is 1.42 bits per heavy atom. The average Bonchev–Trinajstić information content (AvgIpc) is 3.28. The summed E-state index contributed by atoms with van der Waals surface area (Å²) in [4.78, 5) is 16.9. The number of para-hydroxylation sites is 1. The number of aromatic nitrogens is 1. The van der Waals surface area contributed by atoms with Gasteiger partial charge in [-0.15, -0.1) is 6.58 Å². The van der Waals surface area contributed by atoms with E-state index in [4.69, 9.17) is 0 Å². The van der Waals surface area contributed by atoms with Crippen molar-refractivity contribution >= 4 is 16.8 Å². The van der Waals surface area contributed by atoms with E-state index in [1.54, 1.807) is 6.08 Å². The van der Waals surface area contributed by atoms with Crippen LogP contribution in [0.3, 0.4) is 0 Å². The summed E-state index contributed by atoms with van der Waals surface area (Å²) in [6, 6.07) is 9.74. The average molecular weight is 252 g/mol. The molecule has 3 rings (SSSR count). The van der Waals surface area contributed by atoms with Gasteiger partial charge in [-0.2, -0.15) is 0 Å². The van der Waals surface area contributed by atoms with Crippen molar-refractivity contribution in [2.24, 2.45) is 0 Å². The number of hydrogen-bond donors (Lipinski definition) is 1. The topological polar surface area (TPSA) is 42.0 Å². The number of rotatable bonds is 4. The van der Waals surface area contributed by atoms with E-state index in [0.29, 0.717) is 18.0 Å². The number of carbonyl (C=O) groups excluding carboxylic acids is 1. The van der Waals surface area contributed by atoms with Crippen LogP contribution in [0.2, 0.25) is 0 Å². The maximum absolute atomic E-state index is 12.2. The molecule has 1 aromatic carbocycles. The van der Waals surface area contributed by atoms with Crippen molar-refractivity contribution < 1.29 is 4.79 Å². The van der Waals surface area contributed by atoms with Gasteiger partial charge in [-0.1, -0.05) is 24.3 Å². The van der Waals surface area contributed by atoms with E-state index in [1.165, 1.54) is 12.8 Å². The molecule has 1 fully saturated rings. The van der Waals surface area contributed by atoms with Crippen molar-refractivity contribution in [3.63, 3.8) is 0 Å². The van der Waals surface area contributed by atoms with Crippen molar-refractivity contribution in [2.45, 2.75) is 18.8 Å². The van der Waals surface area contributed by atoms with Crippen molar-refractivity contribution in [1.29, 1.82) is 0 Å². The maximum atomic E-state index is 12.2. The normalized spacial score (nSPS) is 14.3. The van der Waals surface area contributed by atoms with Crippen LogP contribution in [0.25, 0.3) is 10.9 Å². The number of pyridine rings is 1. The third-order valence-electron chi connectivity index (χ3n) is 3.38. The Bertz CT molecular complexity index is 644. The van der Waals surface area contributed by atoms with Gasteiger partial charge in [0.05, 0.1) is 11.1 Å². The Balaban J connectivity index is 2.09. The number of nitrogens with zero attached hydrogens (tertiary/aromatic N) is 1. The Labute approximate surface area is 112 Å². The second-order valence-electron chi connectivity index (χ2n) is 4.88. The first-order valence-electron chi connectivity index (χ1n) is 6.58.